The zero-order valence-corrected chi connectivity index (χ0v) is 11.9. The Balaban J connectivity index is 1.77. The summed E-state index contributed by atoms with van der Waals surface area (Å²) in [6, 6.07) is 10.6. The first-order valence-corrected chi connectivity index (χ1v) is 7.49. The number of aromatic nitrogens is 3. The van der Waals surface area contributed by atoms with Crippen LogP contribution in [0.2, 0.25) is 0 Å². The molecule has 0 aliphatic heterocycles. The SMILES string of the molecule is Nc1ncnc2c3c(n(CCc4ccccc4)c12)CCC3. The van der Waals surface area contributed by atoms with Gasteiger partial charge in [-0.1, -0.05) is 30.3 Å². The van der Waals surface area contributed by atoms with Gasteiger partial charge in [-0.2, -0.15) is 0 Å². The molecule has 0 atom stereocenters. The maximum atomic E-state index is 6.12. The molecule has 4 rings (SSSR count). The normalized spacial score (nSPS) is 13.7. The molecule has 0 radical (unpaired) electrons. The zero-order chi connectivity index (χ0) is 14.2. The molecule has 0 bridgehead atoms. The number of nitrogens with two attached hydrogens (primary N) is 1. The van der Waals surface area contributed by atoms with Crippen LogP contribution in [0, 0.1) is 0 Å². The van der Waals surface area contributed by atoms with E-state index >= 15 is 0 Å². The highest BCUT2D eigenvalue weighted by atomic mass is 15.1. The Labute approximate surface area is 123 Å². The molecule has 2 aromatic heterocycles. The molecule has 2 N–H and O–H groups in total. The first-order chi connectivity index (χ1) is 10.3. The molecule has 0 saturated carbocycles. The molecule has 106 valence electrons. The van der Waals surface area contributed by atoms with Crippen molar-refractivity contribution < 1.29 is 0 Å². The third-order valence-corrected chi connectivity index (χ3v) is 4.39. The van der Waals surface area contributed by atoms with Crippen LogP contribution in [-0.2, 0) is 25.8 Å². The summed E-state index contributed by atoms with van der Waals surface area (Å²) in [4.78, 5) is 8.66. The van der Waals surface area contributed by atoms with Crippen LogP contribution >= 0.6 is 0 Å². The summed E-state index contributed by atoms with van der Waals surface area (Å²) < 4.78 is 2.35. The second-order valence-corrected chi connectivity index (χ2v) is 5.62. The lowest BCUT2D eigenvalue weighted by molar-refractivity contribution is 0.685. The van der Waals surface area contributed by atoms with E-state index < -0.39 is 0 Å². The summed E-state index contributed by atoms with van der Waals surface area (Å²) in [5.41, 5.74) is 12.3. The topological polar surface area (TPSA) is 56.7 Å². The fourth-order valence-electron chi connectivity index (χ4n) is 3.43. The van der Waals surface area contributed by atoms with Gasteiger partial charge in [0.05, 0.1) is 5.52 Å². The van der Waals surface area contributed by atoms with Gasteiger partial charge in [-0.05, 0) is 36.8 Å². The van der Waals surface area contributed by atoms with Crippen LogP contribution in [0.5, 0.6) is 0 Å². The van der Waals surface area contributed by atoms with E-state index in [4.69, 9.17) is 5.73 Å². The van der Waals surface area contributed by atoms with Crippen molar-refractivity contribution in [2.45, 2.75) is 32.2 Å². The Morgan fingerprint density at radius 2 is 1.95 bits per heavy atom. The average Bonchev–Trinajstić information content (AvgIpc) is 3.08. The minimum absolute atomic E-state index is 0.600. The maximum Gasteiger partial charge on any atom is 0.151 e. The van der Waals surface area contributed by atoms with Gasteiger partial charge in [0.25, 0.3) is 0 Å². The Bertz CT molecular complexity index is 789. The smallest absolute Gasteiger partial charge is 0.151 e. The largest absolute Gasteiger partial charge is 0.382 e. The highest BCUT2D eigenvalue weighted by molar-refractivity contribution is 5.89. The Morgan fingerprint density at radius 1 is 1.10 bits per heavy atom. The van der Waals surface area contributed by atoms with Crippen molar-refractivity contribution >= 4 is 16.9 Å². The van der Waals surface area contributed by atoms with E-state index in [0.29, 0.717) is 5.82 Å². The van der Waals surface area contributed by atoms with E-state index in [1.807, 2.05) is 0 Å². The highest BCUT2D eigenvalue weighted by Gasteiger charge is 2.23. The molecule has 0 amide bonds. The van der Waals surface area contributed by atoms with E-state index in [2.05, 4.69) is 44.9 Å². The minimum Gasteiger partial charge on any atom is -0.382 e. The van der Waals surface area contributed by atoms with Crippen molar-refractivity contribution in [3.63, 3.8) is 0 Å². The summed E-state index contributed by atoms with van der Waals surface area (Å²) in [5.74, 6) is 0.600. The van der Waals surface area contributed by atoms with Crippen LogP contribution < -0.4 is 5.73 Å². The number of nitrogen functional groups attached to an aromatic ring is 1. The van der Waals surface area contributed by atoms with Crippen LogP contribution in [0.25, 0.3) is 11.0 Å². The number of rotatable bonds is 3. The number of fused-ring (bicyclic) bond motifs is 3. The number of benzene rings is 1. The van der Waals surface area contributed by atoms with Crippen LogP contribution in [0.1, 0.15) is 23.2 Å². The molecule has 1 aliphatic carbocycles. The van der Waals surface area contributed by atoms with Gasteiger partial charge in [-0.15, -0.1) is 0 Å². The summed E-state index contributed by atoms with van der Waals surface area (Å²) >= 11 is 0. The van der Waals surface area contributed by atoms with Crippen LogP contribution in [0.15, 0.2) is 36.7 Å². The predicted octanol–water partition coefficient (Wildman–Crippen LogP) is 2.74. The lowest BCUT2D eigenvalue weighted by Gasteiger charge is -2.10. The van der Waals surface area contributed by atoms with E-state index in [1.54, 1.807) is 6.33 Å². The van der Waals surface area contributed by atoms with Crippen LogP contribution in [-0.4, -0.2) is 14.5 Å². The molecule has 0 fully saturated rings. The number of anilines is 1. The van der Waals surface area contributed by atoms with Gasteiger partial charge < -0.3 is 10.3 Å². The molecule has 1 aliphatic rings. The van der Waals surface area contributed by atoms with Gasteiger partial charge in [0.2, 0.25) is 0 Å². The number of aryl methyl sites for hydroxylation is 3. The second kappa shape index (κ2) is 4.88. The highest BCUT2D eigenvalue weighted by Crippen LogP contribution is 2.33. The minimum atomic E-state index is 0.600. The maximum absolute atomic E-state index is 6.12. The summed E-state index contributed by atoms with van der Waals surface area (Å²) in [6.07, 6.45) is 6.04. The summed E-state index contributed by atoms with van der Waals surface area (Å²) in [7, 11) is 0. The van der Waals surface area contributed by atoms with Gasteiger partial charge in [-0.3, -0.25) is 0 Å². The van der Waals surface area contributed by atoms with E-state index in [-0.39, 0.29) is 0 Å². The quantitative estimate of drug-likeness (QED) is 0.801. The van der Waals surface area contributed by atoms with E-state index in [1.165, 1.54) is 23.2 Å². The molecule has 0 saturated heterocycles. The number of nitrogens with zero attached hydrogens (tertiary/aromatic N) is 3. The Hall–Kier alpha value is -2.36. The van der Waals surface area contributed by atoms with Crippen LogP contribution in [0.3, 0.4) is 0 Å². The summed E-state index contributed by atoms with van der Waals surface area (Å²) in [5, 5.41) is 0. The first-order valence-electron chi connectivity index (χ1n) is 7.49. The van der Waals surface area contributed by atoms with Crippen molar-refractivity contribution in [3.8, 4) is 0 Å². The molecular formula is C17H18N4. The van der Waals surface area contributed by atoms with Crippen molar-refractivity contribution in [1.29, 1.82) is 0 Å². The molecule has 21 heavy (non-hydrogen) atoms. The molecule has 2 heterocycles. The lowest BCUT2D eigenvalue weighted by atomic mass is 10.1. The number of hydrogen-bond donors (Lipinski definition) is 1. The van der Waals surface area contributed by atoms with Crippen molar-refractivity contribution in [1.82, 2.24) is 14.5 Å². The molecule has 4 heteroatoms. The Kier molecular flexibility index (Phi) is 2.88. The van der Waals surface area contributed by atoms with Gasteiger partial charge in [0.1, 0.15) is 11.8 Å². The molecule has 4 nitrogen and oxygen atoms in total. The fourth-order valence-corrected chi connectivity index (χ4v) is 3.43. The molecule has 0 unspecified atom stereocenters. The molecule has 3 aromatic rings. The third-order valence-electron chi connectivity index (χ3n) is 4.39. The van der Waals surface area contributed by atoms with E-state index in [9.17, 15) is 0 Å². The fraction of sp³-hybridized carbons (Fsp3) is 0.294. The zero-order valence-electron chi connectivity index (χ0n) is 11.9. The predicted molar refractivity (Wildman–Crippen MR) is 84.1 cm³/mol. The van der Waals surface area contributed by atoms with Crippen molar-refractivity contribution in [2.75, 3.05) is 5.73 Å². The Morgan fingerprint density at radius 3 is 2.81 bits per heavy atom. The first kappa shape index (κ1) is 12.4. The van der Waals surface area contributed by atoms with Gasteiger partial charge in [0, 0.05) is 12.2 Å². The van der Waals surface area contributed by atoms with Gasteiger partial charge in [-0.25, -0.2) is 9.97 Å². The van der Waals surface area contributed by atoms with Gasteiger partial charge >= 0.3 is 0 Å². The molecule has 1 aromatic carbocycles. The van der Waals surface area contributed by atoms with Crippen molar-refractivity contribution in [3.05, 3.63) is 53.5 Å². The second-order valence-electron chi connectivity index (χ2n) is 5.62. The third kappa shape index (κ3) is 1.98. The average molecular weight is 278 g/mol. The van der Waals surface area contributed by atoms with E-state index in [0.717, 1.165) is 36.8 Å². The number of hydrogen-bond acceptors (Lipinski definition) is 3. The lowest BCUT2D eigenvalue weighted by Crippen LogP contribution is -2.07. The standard InChI is InChI=1S/C17H18N4/c18-17-16-15(19-11-20-17)13-7-4-8-14(13)21(16)10-9-12-5-2-1-3-6-12/h1-3,5-6,11H,4,7-10H2,(H2,18,19,20). The molecular weight excluding hydrogens is 260 g/mol. The summed E-state index contributed by atoms with van der Waals surface area (Å²) in [6.45, 7) is 0.938. The van der Waals surface area contributed by atoms with Crippen LogP contribution in [0.4, 0.5) is 5.82 Å². The van der Waals surface area contributed by atoms with Gasteiger partial charge in [0.15, 0.2) is 5.82 Å². The van der Waals surface area contributed by atoms with Crippen molar-refractivity contribution in [2.24, 2.45) is 0 Å². The molecule has 0 spiro atoms. The monoisotopic (exact) mass is 278 g/mol.